The Hall–Kier alpha value is 0. The van der Waals surface area contributed by atoms with E-state index in [0.29, 0.717) is 0 Å². The summed E-state index contributed by atoms with van der Waals surface area (Å²) in [6, 6.07) is 0. The van der Waals surface area contributed by atoms with Crippen LogP contribution >= 0.6 is 0 Å². The van der Waals surface area contributed by atoms with Gasteiger partial charge in [-0.25, -0.2) is 0 Å². The number of hydrogen-bond acceptors (Lipinski definition) is 0. The Kier molecular flexibility index (Phi) is 11.4. The zero-order valence-electron chi connectivity index (χ0n) is 7.11. The molecule has 1 rings (SSSR count). The van der Waals surface area contributed by atoms with E-state index in [-0.39, 0.29) is 7.43 Å². The van der Waals surface area contributed by atoms with Gasteiger partial charge in [-0.2, -0.15) is 0 Å². The van der Waals surface area contributed by atoms with Crippen LogP contribution in [0.15, 0.2) is 0 Å². The first-order valence-corrected chi connectivity index (χ1v) is 4.23. The van der Waals surface area contributed by atoms with E-state index in [1.807, 2.05) is 0 Å². The third-order valence-electron chi connectivity index (χ3n) is 1.25. The van der Waals surface area contributed by atoms with Crippen LogP contribution in [0.2, 0.25) is 0 Å². The van der Waals surface area contributed by atoms with Crippen molar-refractivity contribution < 1.29 is 0 Å². The molecule has 0 atom stereocenters. The second-order valence-electron chi connectivity index (χ2n) is 3.50. The average molecular weight is 144 g/mol. The maximum atomic E-state index is 2.17. The average Bonchev–Trinajstić information content (AvgIpc) is 2.11. The van der Waals surface area contributed by atoms with Crippen molar-refractivity contribution in [2.75, 3.05) is 0 Å². The smallest absolute Gasteiger partial charge is 0.0500 e. The highest BCUT2D eigenvalue weighted by Crippen LogP contribution is 2.15. The van der Waals surface area contributed by atoms with Crippen LogP contribution in [0.3, 0.4) is 0 Å². The van der Waals surface area contributed by atoms with Crippen molar-refractivity contribution in [1.29, 1.82) is 0 Å². The molecule has 0 N–H and O–H groups in total. The first-order chi connectivity index (χ1) is 4.23. The molecule has 0 aromatic rings. The van der Waals surface area contributed by atoms with Crippen molar-refractivity contribution in [3.05, 3.63) is 0 Å². The van der Waals surface area contributed by atoms with Gasteiger partial charge in [0, 0.05) is 0 Å². The molecular weight excluding hydrogens is 120 g/mol. The lowest BCUT2D eigenvalue weighted by Gasteiger charge is -1.79. The van der Waals surface area contributed by atoms with Gasteiger partial charge in [0.25, 0.3) is 0 Å². The van der Waals surface area contributed by atoms with Crippen LogP contribution in [0.5, 0.6) is 0 Å². The second kappa shape index (κ2) is 9.00. The summed E-state index contributed by atoms with van der Waals surface area (Å²) in [5.74, 6) is 0.833. The van der Waals surface area contributed by atoms with Gasteiger partial charge >= 0.3 is 0 Å². The van der Waals surface area contributed by atoms with Crippen LogP contribution in [0, 0.1) is 5.92 Å². The highest BCUT2D eigenvalue weighted by atomic mass is 14.0. The van der Waals surface area contributed by atoms with Gasteiger partial charge in [0.2, 0.25) is 0 Å². The van der Waals surface area contributed by atoms with Crippen LogP contribution in [0.4, 0.5) is 0 Å². The molecule has 0 heteroatoms. The Labute approximate surface area is 67.0 Å². The quantitative estimate of drug-likeness (QED) is 0.477. The molecule has 1 aliphatic carbocycles. The molecule has 0 heterocycles. The fourth-order valence-electron chi connectivity index (χ4n) is 0.884. The van der Waals surface area contributed by atoms with Gasteiger partial charge in [0.05, 0.1) is 0 Å². The molecule has 0 aromatic carbocycles. The monoisotopic (exact) mass is 144 g/mol. The van der Waals surface area contributed by atoms with Crippen molar-refractivity contribution in [3.63, 3.8) is 0 Å². The Morgan fingerprint density at radius 1 is 0.700 bits per heavy atom. The third kappa shape index (κ3) is 15.7. The Morgan fingerprint density at radius 3 is 0.900 bits per heavy atom. The van der Waals surface area contributed by atoms with Crippen molar-refractivity contribution in [3.8, 4) is 0 Å². The summed E-state index contributed by atoms with van der Waals surface area (Å²) < 4.78 is 0. The predicted octanol–water partition coefficient (Wildman–Crippen LogP) is 4.25. The van der Waals surface area contributed by atoms with Crippen LogP contribution in [-0.2, 0) is 0 Å². The Balaban J connectivity index is 0. The molecule has 0 spiro atoms. The van der Waals surface area contributed by atoms with Crippen LogP contribution < -0.4 is 0 Å². The summed E-state index contributed by atoms with van der Waals surface area (Å²) in [6.07, 6.45) is 7.50. The van der Waals surface area contributed by atoms with Gasteiger partial charge in [0.15, 0.2) is 0 Å². The van der Waals surface area contributed by atoms with Gasteiger partial charge in [-0.15, -0.1) is 0 Å². The van der Waals surface area contributed by atoms with Gasteiger partial charge < -0.3 is 0 Å². The molecule has 0 bridgehead atoms. The van der Waals surface area contributed by atoms with E-state index in [4.69, 9.17) is 0 Å². The van der Waals surface area contributed by atoms with E-state index in [0.717, 1.165) is 5.92 Å². The molecule has 10 heavy (non-hydrogen) atoms. The highest BCUT2D eigenvalue weighted by molar-refractivity contribution is 4.51. The van der Waals surface area contributed by atoms with Crippen molar-refractivity contribution in [1.82, 2.24) is 0 Å². The molecule has 0 radical (unpaired) electrons. The van der Waals surface area contributed by atoms with Gasteiger partial charge in [0.1, 0.15) is 0 Å². The molecule has 0 amide bonds. The van der Waals surface area contributed by atoms with Crippen molar-refractivity contribution in [2.45, 2.75) is 60.3 Å². The van der Waals surface area contributed by atoms with Gasteiger partial charge in [-0.1, -0.05) is 60.3 Å². The lowest BCUT2D eigenvalue weighted by Crippen LogP contribution is -1.66. The van der Waals surface area contributed by atoms with E-state index in [9.17, 15) is 0 Å². The van der Waals surface area contributed by atoms with E-state index in [2.05, 4.69) is 20.8 Å². The van der Waals surface area contributed by atoms with Crippen LogP contribution in [-0.4, -0.2) is 0 Å². The summed E-state index contributed by atoms with van der Waals surface area (Å²) in [6.45, 7) is 6.50. The number of hydrogen-bond donors (Lipinski definition) is 0. The molecule has 0 aliphatic heterocycles. The minimum Gasteiger partial charge on any atom is -0.0776 e. The molecular formula is C10H24. The topological polar surface area (TPSA) is 0 Å². The maximum Gasteiger partial charge on any atom is -0.0500 e. The third-order valence-corrected chi connectivity index (χ3v) is 1.25. The summed E-state index contributed by atoms with van der Waals surface area (Å²) >= 11 is 0. The summed E-state index contributed by atoms with van der Waals surface area (Å²) in [7, 11) is 0. The normalized spacial score (nSPS) is 15.6. The van der Waals surface area contributed by atoms with E-state index >= 15 is 0 Å². The fourth-order valence-corrected chi connectivity index (χ4v) is 0.884. The molecule has 0 nitrogen and oxygen atoms in total. The molecule has 0 saturated heterocycles. The first kappa shape index (κ1) is 12.7. The van der Waals surface area contributed by atoms with Crippen molar-refractivity contribution in [2.24, 2.45) is 5.92 Å². The van der Waals surface area contributed by atoms with Crippen LogP contribution in [0.1, 0.15) is 60.3 Å². The lowest BCUT2D eigenvalue weighted by atomic mass is 10.3. The molecule has 1 saturated carbocycles. The zero-order valence-corrected chi connectivity index (χ0v) is 7.11. The fraction of sp³-hybridized carbons (Fsp3) is 1.00. The second-order valence-corrected chi connectivity index (χ2v) is 3.50. The Bertz CT molecular complexity index is 31.6. The van der Waals surface area contributed by atoms with Crippen molar-refractivity contribution >= 4 is 0 Å². The van der Waals surface area contributed by atoms with E-state index in [1.54, 1.807) is 0 Å². The van der Waals surface area contributed by atoms with Crippen LogP contribution in [0.25, 0.3) is 0 Å². The summed E-state index contributed by atoms with van der Waals surface area (Å²) in [5, 5.41) is 0. The predicted molar refractivity (Wildman–Crippen MR) is 50.3 cm³/mol. The molecule has 1 fully saturated rings. The molecule has 64 valence electrons. The number of rotatable bonds is 0. The Morgan fingerprint density at radius 2 is 0.800 bits per heavy atom. The molecule has 0 unspecified atom stereocenters. The summed E-state index contributed by atoms with van der Waals surface area (Å²) in [4.78, 5) is 0. The maximum absolute atomic E-state index is 2.17. The molecule has 0 aromatic heterocycles. The summed E-state index contributed by atoms with van der Waals surface area (Å²) in [5.41, 5.74) is 0. The minimum atomic E-state index is 0. The lowest BCUT2D eigenvalue weighted by molar-refractivity contribution is 0.737. The molecule has 1 aliphatic rings. The highest BCUT2D eigenvalue weighted by Gasteiger charge is 1.95. The zero-order chi connectivity index (χ0) is 7.11. The first-order valence-electron chi connectivity index (χ1n) is 4.23. The van der Waals surface area contributed by atoms with Gasteiger partial charge in [-0.05, 0) is 5.92 Å². The minimum absolute atomic E-state index is 0. The standard InChI is InChI=1S/C5H10.C4H10.CH4/c1-2-4-5-3-1;1-4(2)3;/h1-5H2;4H,1-3H3;1H4. The van der Waals surface area contributed by atoms with E-state index < -0.39 is 0 Å². The van der Waals surface area contributed by atoms with Gasteiger partial charge in [-0.3, -0.25) is 0 Å². The van der Waals surface area contributed by atoms with E-state index in [1.165, 1.54) is 32.1 Å². The SMILES string of the molecule is C.C1CCCC1.CC(C)C. The largest absolute Gasteiger partial charge is 0.0776 e.